The van der Waals surface area contributed by atoms with Crippen molar-refractivity contribution in [3.8, 4) is 0 Å². The minimum atomic E-state index is -2.56. The molecule has 1 aromatic rings. The van der Waals surface area contributed by atoms with Gasteiger partial charge in [-0.25, -0.2) is 13.8 Å². The number of benzene rings is 1. The summed E-state index contributed by atoms with van der Waals surface area (Å²) in [5, 5.41) is 3.05. The highest BCUT2D eigenvalue weighted by Crippen LogP contribution is 2.35. The molecule has 1 saturated carbocycles. The third-order valence-corrected chi connectivity index (χ3v) is 5.80. The lowest BCUT2D eigenvalue weighted by atomic mass is 10.0. The first-order valence-corrected chi connectivity index (χ1v) is 13.2. The van der Waals surface area contributed by atoms with E-state index in [-0.39, 0.29) is 12.8 Å². The van der Waals surface area contributed by atoms with Crippen LogP contribution in [0.2, 0.25) is 0 Å². The largest absolute Gasteiger partial charge is 0.404 e. The third kappa shape index (κ3) is 11.3. The zero-order chi connectivity index (χ0) is 28.8. The monoisotopic (exact) mass is 517 g/mol. The van der Waals surface area contributed by atoms with Gasteiger partial charge in [0.2, 0.25) is 0 Å². The van der Waals surface area contributed by atoms with E-state index in [1.807, 2.05) is 65.5 Å². The van der Waals surface area contributed by atoms with Crippen molar-refractivity contribution in [2.24, 2.45) is 16.5 Å². The van der Waals surface area contributed by atoms with E-state index in [0.29, 0.717) is 19.6 Å². The number of nitrogens with one attached hydrogen (secondary N) is 1. The number of hydrogen-bond acceptors (Lipinski definition) is 4. The molecule has 1 aliphatic carbocycles. The molecule has 7 heteroatoms. The minimum Gasteiger partial charge on any atom is -0.404 e. The Morgan fingerprint density at radius 2 is 1.70 bits per heavy atom. The van der Waals surface area contributed by atoms with Crippen LogP contribution >= 0.6 is 0 Å². The summed E-state index contributed by atoms with van der Waals surface area (Å²) in [6, 6.07) is 4.01. The Balaban J connectivity index is 0.000000829. The first-order valence-electron chi connectivity index (χ1n) is 13.2. The average Bonchev–Trinajstić information content (AvgIpc) is 3.60. The lowest BCUT2D eigenvalue weighted by Gasteiger charge is -2.33. The molecule has 37 heavy (non-hydrogen) atoms. The van der Waals surface area contributed by atoms with E-state index in [1.165, 1.54) is 11.1 Å². The zero-order valence-electron chi connectivity index (χ0n) is 24.3. The van der Waals surface area contributed by atoms with Gasteiger partial charge in [-0.3, -0.25) is 0 Å². The number of aliphatic imine (C=N–C) groups is 1. The van der Waals surface area contributed by atoms with Gasteiger partial charge >= 0.3 is 0 Å². The standard InChI is InChI=1S/C18H26F2N4.C8H11N.2C2H6/c1-12-9-15(11-21)17(16(10-12)13(2)22-4)23-14(3)24-7-5-18(19,20)6-8-24;1-6(5-9)3-8-4-7(8)2;2*1-2/h9-10,22H,2,5-8,11,21H2,1,3-4H3;3,5H,2,4,9H2,1H3;2*1-2H3/b;6-5-,8-3+;;. The quantitative estimate of drug-likeness (QED) is 0.285. The zero-order valence-corrected chi connectivity index (χ0v) is 24.3. The first kappa shape index (κ1) is 34.1. The molecule has 1 aromatic carbocycles. The number of aryl methyl sites for hydroxylation is 1. The van der Waals surface area contributed by atoms with Crippen molar-refractivity contribution < 1.29 is 8.78 Å². The molecule has 0 atom stereocenters. The van der Waals surface area contributed by atoms with Crippen molar-refractivity contribution in [3.63, 3.8) is 0 Å². The fraction of sp³-hybridized carbons (Fsp3) is 0.500. The van der Waals surface area contributed by atoms with Crippen LogP contribution in [0.15, 0.2) is 59.3 Å². The first-order chi connectivity index (χ1) is 17.5. The van der Waals surface area contributed by atoms with Gasteiger partial charge in [-0.2, -0.15) is 0 Å². The molecule has 1 aliphatic heterocycles. The second kappa shape index (κ2) is 16.7. The molecule has 0 unspecified atom stereocenters. The average molecular weight is 518 g/mol. The van der Waals surface area contributed by atoms with Gasteiger partial charge < -0.3 is 21.7 Å². The van der Waals surface area contributed by atoms with Crippen LogP contribution < -0.4 is 16.8 Å². The topological polar surface area (TPSA) is 79.7 Å². The van der Waals surface area contributed by atoms with Crippen LogP contribution in [-0.2, 0) is 6.54 Å². The predicted molar refractivity (Wildman–Crippen MR) is 158 cm³/mol. The Labute approximate surface area is 224 Å². The summed E-state index contributed by atoms with van der Waals surface area (Å²) >= 11 is 0. The Morgan fingerprint density at radius 1 is 1.16 bits per heavy atom. The van der Waals surface area contributed by atoms with Gasteiger partial charge in [-0.05, 0) is 67.3 Å². The molecule has 1 heterocycles. The SMILES string of the molecule is C=C(NC)c1cc(C)cc(CN)c1N=C(C)N1CCC(F)(F)CC1.C=C1C/C1=C\C(C)=C/N.CC.CC. The number of hydrogen-bond donors (Lipinski definition) is 3. The van der Waals surface area contributed by atoms with Gasteiger partial charge in [-0.15, -0.1) is 0 Å². The van der Waals surface area contributed by atoms with E-state index in [4.69, 9.17) is 16.5 Å². The summed E-state index contributed by atoms with van der Waals surface area (Å²) in [4.78, 5) is 6.63. The maximum atomic E-state index is 13.3. The number of amidine groups is 1. The van der Waals surface area contributed by atoms with Gasteiger partial charge in [0, 0.05) is 50.8 Å². The van der Waals surface area contributed by atoms with Crippen molar-refractivity contribution in [2.75, 3.05) is 20.1 Å². The number of likely N-dealkylation sites (tertiary alicyclic amines) is 1. The van der Waals surface area contributed by atoms with Crippen molar-refractivity contribution >= 4 is 17.2 Å². The van der Waals surface area contributed by atoms with Crippen molar-refractivity contribution in [3.05, 3.63) is 71.0 Å². The van der Waals surface area contributed by atoms with Gasteiger partial charge in [0.15, 0.2) is 0 Å². The molecule has 0 aromatic heterocycles. The molecule has 2 aliphatic rings. The summed E-state index contributed by atoms with van der Waals surface area (Å²) in [6.07, 6.45) is 4.49. The van der Waals surface area contributed by atoms with Crippen LogP contribution in [0, 0.1) is 6.92 Å². The number of nitrogens with two attached hydrogens (primary N) is 2. The molecular formula is C30H49F2N5. The molecule has 3 rings (SSSR count). The highest BCUT2D eigenvalue weighted by molar-refractivity contribution is 5.86. The van der Waals surface area contributed by atoms with E-state index in [0.717, 1.165) is 45.9 Å². The lowest BCUT2D eigenvalue weighted by Crippen LogP contribution is -2.41. The molecule has 0 radical (unpaired) electrons. The van der Waals surface area contributed by atoms with Crippen LogP contribution in [0.5, 0.6) is 0 Å². The highest BCUT2D eigenvalue weighted by Gasteiger charge is 2.34. The predicted octanol–water partition coefficient (Wildman–Crippen LogP) is 7.21. The summed E-state index contributed by atoms with van der Waals surface area (Å²) in [5.41, 5.74) is 19.3. The van der Waals surface area contributed by atoms with E-state index in [1.54, 1.807) is 13.2 Å². The third-order valence-electron chi connectivity index (χ3n) is 5.80. The summed E-state index contributed by atoms with van der Waals surface area (Å²) in [6.45, 7) is 22.6. The number of allylic oxidation sites excluding steroid dienone is 4. The number of rotatable bonds is 5. The molecule has 2 fully saturated rings. The Hall–Kier alpha value is -2.93. The Bertz CT molecular complexity index is 980. The molecule has 0 spiro atoms. The molecule has 0 bridgehead atoms. The summed E-state index contributed by atoms with van der Waals surface area (Å²) in [5.74, 6) is -1.83. The maximum Gasteiger partial charge on any atom is 0.251 e. The molecule has 5 nitrogen and oxygen atoms in total. The van der Waals surface area contributed by atoms with E-state index in [2.05, 4.69) is 24.6 Å². The molecule has 5 N–H and O–H groups in total. The molecule has 208 valence electrons. The van der Waals surface area contributed by atoms with Gasteiger partial charge in [0.1, 0.15) is 5.84 Å². The second-order valence-corrected chi connectivity index (χ2v) is 8.62. The molecule has 1 saturated heterocycles. The van der Waals surface area contributed by atoms with Gasteiger partial charge in [0.25, 0.3) is 5.92 Å². The summed E-state index contributed by atoms with van der Waals surface area (Å²) in [7, 11) is 1.81. The molecular weight excluding hydrogens is 468 g/mol. The number of nitrogens with zero attached hydrogens (tertiary/aromatic N) is 2. The number of piperidine rings is 1. The number of halogens is 2. The number of alkyl halides is 2. The summed E-state index contributed by atoms with van der Waals surface area (Å²) < 4.78 is 26.7. The fourth-order valence-electron chi connectivity index (χ4n) is 3.56. The van der Waals surface area contributed by atoms with Gasteiger partial charge in [-0.1, -0.05) is 53.0 Å². The van der Waals surface area contributed by atoms with Crippen molar-refractivity contribution in [1.29, 1.82) is 0 Å². The smallest absolute Gasteiger partial charge is 0.251 e. The van der Waals surface area contributed by atoms with Crippen molar-refractivity contribution in [2.45, 2.75) is 80.2 Å². The highest BCUT2D eigenvalue weighted by atomic mass is 19.3. The van der Waals surface area contributed by atoms with Crippen LogP contribution in [0.4, 0.5) is 14.5 Å². The minimum absolute atomic E-state index is 0.131. The van der Waals surface area contributed by atoms with E-state index >= 15 is 0 Å². The maximum absolute atomic E-state index is 13.3. The van der Waals surface area contributed by atoms with E-state index in [9.17, 15) is 8.78 Å². The fourth-order valence-corrected chi connectivity index (χ4v) is 3.56. The van der Waals surface area contributed by atoms with Crippen LogP contribution in [0.1, 0.15) is 77.5 Å². The van der Waals surface area contributed by atoms with Crippen LogP contribution in [-0.4, -0.2) is 36.8 Å². The second-order valence-electron chi connectivity index (χ2n) is 8.62. The normalized spacial score (nSPS) is 17.4. The van der Waals surface area contributed by atoms with Crippen LogP contribution in [0.25, 0.3) is 5.70 Å². The van der Waals surface area contributed by atoms with Gasteiger partial charge in [0.05, 0.1) is 5.69 Å². The van der Waals surface area contributed by atoms with E-state index < -0.39 is 5.92 Å². The molecule has 0 amide bonds. The Kier molecular flexibility index (Phi) is 15.4. The van der Waals surface area contributed by atoms with Crippen LogP contribution in [0.3, 0.4) is 0 Å². The van der Waals surface area contributed by atoms with Crippen molar-refractivity contribution in [1.82, 2.24) is 10.2 Å². The lowest BCUT2D eigenvalue weighted by molar-refractivity contribution is -0.0435. The Morgan fingerprint density at radius 3 is 2.14 bits per heavy atom.